The summed E-state index contributed by atoms with van der Waals surface area (Å²) >= 11 is 10.3. The summed E-state index contributed by atoms with van der Waals surface area (Å²) in [5.41, 5.74) is 2.86. The summed E-state index contributed by atoms with van der Waals surface area (Å²) in [6.45, 7) is -2.69. The highest BCUT2D eigenvalue weighted by Gasteiger charge is 2.45. The molecule has 2 unspecified atom stereocenters. The zero-order chi connectivity index (χ0) is 17.3. The predicted octanol–water partition coefficient (Wildman–Crippen LogP) is 2.77. The van der Waals surface area contributed by atoms with Crippen molar-refractivity contribution in [2.24, 2.45) is 0 Å². The molecule has 1 N–H and O–H groups in total. The Kier molecular flexibility index (Phi) is 4.89. The van der Waals surface area contributed by atoms with Gasteiger partial charge in [0.1, 0.15) is 5.70 Å². The molecular formula is C18H16F2N2S2. The summed E-state index contributed by atoms with van der Waals surface area (Å²) < 4.78 is 28.0. The average Bonchev–Trinajstić information content (AvgIpc) is 2.90. The standard InChI is InChI=1S/C18H16F2N2S2/c1-21-14(12-8-4-2-5-9-12)15(13-10-6-3-7-11-13)22(18(19)20)16(21)17(23)24/h2-11,16,18H,1H3,(H,23,24). The highest BCUT2D eigenvalue weighted by atomic mass is 32.1. The number of hydrogen-bond acceptors (Lipinski definition) is 3. The molecule has 2 nitrogen and oxygen atoms in total. The van der Waals surface area contributed by atoms with Crippen LogP contribution in [0.15, 0.2) is 60.7 Å². The van der Waals surface area contributed by atoms with Crippen molar-refractivity contribution in [3.63, 3.8) is 0 Å². The molecule has 0 radical (unpaired) electrons. The van der Waals surface area contributed by atoms with Gasteiger partial charge in [0.2, 0.25) is 0 Å². The highest BCUT2D eigenvalue weighted by molar-refractivity contribution is 8.00. The topological polar surface area (TPSA) is 7.68 Å². The number of halogens is 2. The molecule has 0 spiro atoms. The Morgan fingerprint density at radius 2 is 1.54 bits per heavy atom. The molecule has 1 aliphatic rings. The SMILES string of the molecule is C[NH+]1C(c2ccccc2)=C(c2ccccc2)N(C(F)F)C1C(=S)[S-]. The summed E-state index contributed by atoms with van der Waals surface area (Å²) in [6.07, 6.45) is -0.750. The first-order valence-electron chi connectivity index (χ1n) is 7.48. The van der Waals surface area contributed by atoms with Gasteiger partial charge in [0.05, 0.1) is 7.05 Å². The second-order valence-corrected chi connectivity index (χ2v) is 6.68. The normalized spacial score (nSPS) is 20.8. The molecule has 124 valence electrons. The van der Waals surface area contributed by atoms with E-state index in [0.717, 1.165) is 26.6 Å². The van der Waals surface area contributed by atoms with Crippen LogP contribution in [-0.4, -0.2) is 28.9 Å². The van der Waals surface area contributed by atoms with Crippen LogP contribution in [0.4, 0.5) is 8.78 Å². The second kappa shape index (κ2) is 6.93. The molecule has 1 aliphatic heterocycles. The first kappa shape index (κ1) is 17.0. The summed E-state index contributed by atoms with van der Waals surface area (Å²) in [5.74, 6) is 0. The van der Waals surface area contributed by atoms with Crippen molar-refractivity contribution in [1.29, 1.82) is 0 Å². The van der Waals surface area contributed by atoms with Gasteiger partial charge in [0.15, 0.2) is 11.9 Å². The summed E-state index contributed by atoms with van der Waals surface area (Å²) in [4.78, 5) is 1.81. The predicted molar refractivity (Wildman–Crippen MR) is 98.2 cm³/mol. The van der Waals surface area contributed by atoms with Gasteiger partial charge in [-0.15, -0.1) is 0 Å². The molecule has 0 bridgehead atoms. The molecule has 2 aromatic carbocycles. The molecule has 1 heterocycles. The van der Waals surface area contributed by atoms with Gasteiger partial charge in [-0.25, -0.2) is 0 Å². The fraction of sp³-hybridized carbons (Fsp3) is 0.167. The van der Waals surface area contributed by atoms with E-state index >= 15 is 0 Å². The van der Waals surface area contributed by atoms with Crippen LogP contribution in [0.1, 0.15) is 11.1 Å². The minimum Gasteiger partial charge on any atom is -0.425 e. The molecule has 0 aromatic heterocycles. The molecular weight excluding hydrogens is 346 g/mol. The van der Waals surface area contributed by atoms with Gasteiger partial charge < -0.3 is 24.8 Å². The Labute approximate surface area is 150 Å². The van der Waals surface area contributed by atoms with Crippen LogP contribution < -0.4 is 4.90 Å². The molecule has 2 aromatic rings. The van der Waals surface area contributed by atoms with Crippen molar-refractivity contribution in [2.45, 2.75) is 12.7 Å². The third-order valence-corrected chi connectivity index (χ3v) is 4.57. The maximum atomic E-state index is 13.9. The Balaban J connectivity index is 2.27. The smallest absolute Gasteiger partial charge is 0.320 e. The molecule has 6 heteroatoms. The Hall–Kier alpha value is -1.89. The van der Waals surface area contributed by atoms with Gasteiger partial charge in [-0.3, -0.25) is 9.80 Å². The van der Waals surface area contributed by atoms with Crippen molar-refractivity contribution >= 4 is 40.4 Å². The number of thiocarbonyl (C=S) groups is 1. The first-order chi connectivity index (χ1) is 11.5. The summed E-state index contributed by atoms with van der Waals surface area (Å²) in [7, 11) is 1.83. The number of quaternary nitrogens is 1. The molecule has 2 atom stereocenters. The van der Waals surface area contributed by atoms with Gasteiger partial charge >= 0.3 is 6.55 Å². The zero-order valence-corrected chi connectivity index (χ0v) is 14.6. The van der Waals surface area contributed by atoms with E-state index in [9.17, 15) is 8.78 Å². The lowest BCUT2D eigenvalue weighted by Crippen LogP contribution is -3.11. The monoisotopic (exact) mass is 362 g/mol. The number of rotatable bonds is 4. The van der Waals surface area contributed by atoms with Crippen LogP contribution >= 0.6 is 12.2 Å². The van der Waals surface area contributed by atoms with Gasteiger partial charge in [-0.1, -0.05) is 52.7 Å². The zero-order valence-electron chi connectivity index (χ0n) is 12.9. The summed E-state index contributed by atoms with van der Waals surface area (Å²) in [5, 5.41) is 0. The molecule has 0 fully saturated rings. The number of nitrogens with zero attached hydrogens (tertiary/aromatic N) is 1. The molecule has 3 rings (SSSR count). The van der Waals surface area contributed by atoms with Crippen molar-refractivity contribution in [1.82, 2.24) is 4.90 Å². The van der Waals surface area contributed by atoms with Gasteiger partial charge in [-0.2, -0.15) is 8.78 Å². The van der Waals surface area contributed by atoms with Crippen molar-refractivity contribution < 1.29 is 13.7 Å². The maximum absolute atomic E-state index is 13.9. The van der Waals surface area contributed by atoms with Crippen LogP contribution in [0.5, 0.6) is 0 Å². The molecule has 0 amide bonds. The molecule has 0 saturated carbocycles. The van der Waals surface area contributed by atoms with Crippen LogP contribution in [0.25, 0.3) is 11.4 Å². The lowest BCUT2D eigenvalue weighted by atomic mass is 10.0. The van der Waals surface area contributed by atoms with E-state index in [1.54, 1.807) is 0 Å². The highest BCUT2D eigenvalue weighted by Crippen LogP contribution is 2.34. The van der Waals surface area contributed by atoms with E-state index < -0.39 is 12.7 Å². The molecule has 0 saturated heterocycles. The van der Waals surface area contributed by atoms with E-state index in [2.05, 4.69) is 0 Å². The van der Waals surface area contributed by atoms with E-state index in [1.807, 2.05) is 67.7 Å². The Bertz CT molecular complexity index is 763. The Morgan fingerprint density at radius 1 is 1.04 bits per heavy atom. The number of hydrogen-bond donors (Lipinski definition) is 1. The third kappa shape index (κ3) is 2.92. The van der Waals surface area contributed by atoms with Gasteiger partial charge in [-0.05, 0) is 12.1 Å². The fourth-order valence-electron chi connectivity index (χ4n) is 3.15. The van der Waals surface area contributed by atoms with Crippen LogP contribution in [0, 0.1) is 0 Å². The van der Waals surface area contributed by atoms with Crippen molar-refractivity contribution in [3.05, 3.63) is 71.8 Å². The van der Waals surface area contributed by atoms with Gasteiger partial charge in [0.25, 0.3) is 0 Å². The third-order valence-electron chi connectivity index (χ3n) is 4.12. The van der Waals surface area contributed by atoms with E-state index in [4.69, 9.17) is 24.8 Å². The van der Waals surface area contributed by atoms with Crippen LogP contribution in [0.3, 0.4) is 0 Å². The largest absolute Gasteiger partial charge is 0.425 e. The van der Waals surface area contributed by atoms with Crippen LogP contribution in [-0.2, 0) is 12.6 Å². The van der Waals surface area contributed by atoms with Crippen molar-refractivity contribution in [2.75, 3.05) is 7.05 Å². The second-order valence-electron chi connectivity index (χ2n) is 5.55. The lowest BCUT2D eigenvalue weighted by Gasteiger charge is -2.30. The number of alkyl halides is 2. The quantitative estimate of drug-likeness (QED) is 0.509. The molecule has 24 heavy (non-hydrogen) atoms. The van der Waals surface area contributed by atoms with E-state index in [0.29, 0.717) is 5.70 Å². The maximum Gasteiger partial charge on any atom is 0.320 e. The van der Waals surface area contributed by atoms with Crippen molar-refractivity contribution in [3.8, 4) is 0 Å². The fourth-order valence-corrected chi connectivity index (χ4v) is 3.73. The number of nitrogens with one attached hydrogen (secondary N) is 1. The Morgan fingerprint density at radius 3 is 2.00 bits per heavy atom. The van der Waals surface area contributed by atoms with E-state index in [-0.39, 0.29) is 4.20 Å². The minimum absolute atomic E-state index is 0.132. The van der Waals surface area contributed by atoms with Gasteiger partial charge in [0, 0.05) is 11.1 Å². The average molecular weight is 362 g/mol. The summed E-state index contributed by atoms with van der Waals surface area (Å²) in [6, 6.07) is 18.7. The first-order valence-corrected chi connectivity index (χ1v) is 8.30. The lowest BCUT2D eigenvalue weighted by molar-refractivity contribution is -0.824. The molecule has 0 aliphatic carbocycles. The number of benzene rings is 2. The minimum atomic E-state index is -2.69. The van der Waals surface area contributed by atoms with E-state index in [1.165, 1.54) is 0 Å². The van der Waals surface area contributed by atoms with Crippen LogP contribution in [0.2, 0.25) is 0 Å².